The van der Waals surface area contributed by atoms with E-state index < -0.39 is 16.1 Å². The maximum atomic E-state index is 13.0. The first-order chi connectivity index (χ1) is 12.8. The molecule has 0 aromatic carbocycles. The number of nitrogens with one attached hydrogen (secondary N) is 2. The van der Waals surface area contributed by atoms with Crippen molar-refractivity contribution in [2.45, 2.75) is 50.1 Å². The molecule has 3 heterocycles. The number of likely N-dealkylation sites (tertiary alicyclic amines) is 1. The van der Waals surface area contributed by atoms with Gasteiger partial charge in [0, 0.05) is 31.1 Å². The highest BCUT2D eigenvalue weighted by Gasteiger charge is 2.40. The van der Waals surface area contributed by atoms with Crippen molar-refractivity contribution in [3.05, 3.63) is 18.0 Å². The van der Waals surface area contributed by atoms with E-state index in [0.717, 1.165) is 19.3 Å². The normalized spacial score (nSPS) is 22.1. The number of hydrogen-bond donors (Lipinski definition) is 2. The fraction of sp³-hybridized carbons (Fsp3) is 0.647. The summed E-state index contributed by atoms with van der Waals surface area (Å²) < 4.78 is 27.3. The molecule has 0 spiro atoms. The Morgan fingerprint density at radius 2 is 2.07 bits per heavy atom. The Labute approximate surface area is 164 Å². The predicted octanol–water partition coefficient (Wildman–Crippen LogP) is 1.23. The van der Waals surface area contributed by atoms with Crippen molar-refractivity contribution in [1.29, 1.82) is 0 Å². The van der Waals surface area contributed by atoms with Crippen LogP contribution in [0.25, 0.3) is 0 Å². The van der Waals surface area contributed by atoms with E-state index in [-0.39, 0.29) is 34.3 Å². The number of aromatic nitrogens is 1. The standard InChI is InChI=1S/C17H26N4O4S2/c1-3-12(2)19-16(22)15-10-26-11-21(15)27(24,25)13-8-14(18-9-13)17(23)20-6-4-5-7-20/h8-9,12,15,18H,3-7,10-11H2,1-2H3,(H,19,22). The smallest absolute Gasteiger partial charge is 0.270 e. The molecule has 27 heavy (non-hydrogen) atoms. The lowest BCUT2D eigenvalue weighted by Gasteiger charge is -2.23. The molecule has 8 nitrogen and oxygen atoms in total. The van der Waals surface area contributed by atoms with Crippen molar-refractivity contribution >= 4 is 33.6 Å². The molecule has 150 valence electrons. The van der Waals surface area contributed by atoms with Gasteiger partial charge in [0.15, 0.2) is 0 Å². The van der Waals surface area contributed by atoms with Crippen molar-refractivity contribution < 1.29 is 18.0 Å². The first-order valence-electron chi connectivity index (χ1n) is 9.22. The third kappa shape index (κ3) is 4.17. The van der Waals surface area contributed by atoms with Crippen molar-refractivity contribution in [3.63, 3.8) is 0 Å². The van der Waals surface area contributed by atoms with Crippen LogP contribution in [0, 0.1) is 0 Å². The Hall–Kier alpha value is -1.52. The molecule has 0 bridgehead atoms. The molecule has 2 N–H and O–H groups in total. The monoisotopic (exact) mass is 414 g/mol. The van der Waals surface area contributed by atoms with E-state index in [0.29, 0.717) is 18.8 Å². The highest BCUT2D eigenvalue weighted by Crippen LogP contribution is 2.29. The fourth-order valence-corrected chi connectivity index (χ4v) is 6.33. The second-order valence-corrected chi connectivity index (χ2v) is 9.86. The van der Waals surface area contributed by atoms with Crippen LogP contribution in [-0.4, -0.2) is 71.2 Å². The number of carbonyl (C=O) groups is 2. The molecule has 1 aromatic heterocycles. The van der Waals surface area contributed by atoms with Gasteiger partial charge in [0.2, 0.25) is 15.9 Å². The minimum atomic E-state index is -3.86. The van der Waals surface area contributed by atoms with E-state index >= 15 is 0 Å². The summed E-state index contributed by atoms with van der Waals surface area (Å²) in [5, 5.41) is 2.86. The minimum absolute atomic E-state index is 0.00963. The van der Waals surface area contributed by atoms with E-state index in [9.17, 15) is 18.0 Å². The summed E-state index contributed by atoms with van der Waals surface area (Å²) >= 11 is 1.41. The number of H-pyrrole nitrogens is 1. The van der Waals surface area contributed by atoms with Gasteiger partial charge in [-0.1, -0.05) is 6.92 Å². The molecule has 10 heteroatoms. The largest absolute Gasteiger partial charge is 0.356 e. The summed E-state index contributed by atoms with van der Waals surface area (Å²) in [5.74, 6) is 0.185. The molecule has 3 rings (SSSR count). The van der Waals surface area contributed by atoms with Crippen LogP contribution in [0.5, 0.6) is 0 Å². The number of rotatable bonds is 6. The van der Waals surface area contributed by atoms with Gasteiger partial charge in [-0.05, 0) is 32.3 Å². The highest BCUT2D eigenvalue weighted by molar-refractivity contribution is 8.00. The van der Waals surface area contributed by atoms with E-state index in [2.05, 4.69) is 10.3 Å². The highest BCUT2D eigenvalue weighted by atomic mass is 32.2. The maximum Gasteiger partial charge on any atom is 0.270 e. The van der Waals surface area contributed by atoms with Crippen LogP contribution in [0.4, 0.5) is 0 Å². The summed E-state index contributed by atoms with van der Waals surface area (Å²) in [6.07, 6.45) is 4.05. The van der Waals surface area contributed by atoms with Gasteiger partial charge in [-0.15, -0.1) is 11.8 Å². The topological polar surface area (TPSA) is 103 Å². The molecule has 0 saturated carbocycles. The number of carbonyl (C=O) groups excluding carboxylic acids is 2. The van der Waals surface area contributed by atoms with Crippen LogP contribution < -0.4 is 5.32 Å². The number of amides is 2. The minimum Gasteiger partial charge on any atom is -0.356 e. The lowest BCUT2D eigenvalue weighted by atomic mass is 10.2. The van der Waals surface area contributed by atoms with Gasteiger partial charge in [-0.25, -0.2) is 8.42 Å². The zero-order chi connectivity index (χ0) is 19.6. The summed E-state index contributed by atoms with van der Waals surface area (Å²) in [7, 11) is -3.86. The zero-order valence-electron chi connectivity index (χ0n) is 15.6. The fourth-order valence-electron chi connectivity index (χ4n) is 3.18. The molecule has 2 aliphatic heterocycles. The Bertz CT molecular complexity index is 802. The second kappa shape index (κ2) is 8.24. The number of sulfonamides is 1. The SMILES string of the molecule is CCC(C)NC(=O)C1CSCN1S(=O)(=O)c1c[nH]c(C(=O)N2CCCC2)c1. The molecule has 2 aliphatic rings. The third-order valence-corrected chi connectivity index (χ3v) is 8.04. The maximum absolute atomic E-state index is 13.0. The second-order valence-electron chi connectivity index (χ2n) is 6.97. The first-order valence-corrected chi connectivity index (χ1v) is 11.8. The number of nitrogens with zero attached hydrogens (tertiary/aromatic N) is 2. The number of hydrogen-bond acceptors (Lipinski definition) is 5. The van der Waals surface area contributed by atoms with Gasteiger partial charge in [0.05, 0.1) is 5.88 Å². The van der Waals surface area contributed by atoms with E-state index in [4.69, 9.17) is 0 Å². The molecule has 2 unspecified atom stereocenters. The van der Waals surface area contributed by atoms with Crippen molar-refractivity contribution in [1.82, 2.24) is 19.5 Å². The van der Waals surface area contributed by atoms with Gasteiger partial charge in [-0.3, -0.25) is 9.59 Å². The number of thioether (sulfide) groups is 1. The Morgan fingerprint density at radius 1 is 1.37 bits per heavy atom. The van der Waals surface area contributed by atoms with Crippen LogP contribution in [0.15, 0.2) is 17.2 Å². The molecule has 0 aliphatic carbocycles. The van der Waals surface area contributed by atoms with Crippen LogP contribution in [-0.2, 0) is 14.8 Å². The first kappa shape index (κ1) is 20.2. The van der Waals surface area contributed by atoms with Crippen LogP contribution >= 0.6 is 11.8 Å². The quantitative estimate of drug-likeness (QED) is 0.729. The molecule has 2 atom stereocenters. The summed E-state index contributed by atoms with van der Waals surface area (Å²) in [5.41, 5.74) is 0.267. The van der Waals surface area contributed by atoms with Gasteiger partial charge >= 0.3 is 0 Å². The molecule has 2 amide bonds. The van der Waals surface area contributed by atoms with Crippen molar-refractivity contribution in [2.24, 2.45) is 0 Å². The van der Waals surface area contributed by atoms with Crippen LogP contribution in [0.3, 0.4) is 0 Å². The van der Waals surface area contributed by atoms with E-state index in [1.165, 1.54) is 28.3 Å². The number of aromatic amines is 1. The third-order valence-electron chi connectivity index (χ3n) is 5.03. The van der Waals surface area contributed by atoms with E-state index in [1.807, 2.05) is 13.8 Å². The molecule has 2 saturated heterocycles. The Morgan fingerprint density at radius 3 is 2.74 bits per heavy atom. The molecule has 2 fully saturated rings. The average molecular weight is 415 g/mol. The summed E-state index contributed by atoms with van der Waals surface area (Å²) in [6.45, 7) is 5.24. The molecular weight excluding hydrogens is 388 g/mol. The van der Waals surface area contributed by atoms with Crippen LogP contribution in [0.1, 0.15) is 43.6 Å². The average Bonchev–Trinajstić information content (AvgIpc) is 3.42. The molecular formula is C17H26N4O4S2. The van der Waals surface area contributed by atoms with Crippen molar-refractivity contribution in [3.8, 4) is 0 Å². The summed E-state index contributed by atoms with van der Waals surface area (Å²) in [4.78, 5) is 29.5. The lowest BCUT2D eigenvalue weighted by molar-refractivity contribution is -0.124. The van der Waals surface area contributed by atoms with Gasteiger partial charge < -0.3 is 15.2 Å². The predicted molar refractivity (Wildman–Crippen MR) is 104 cm³/mol. The molecule has 0 radical (unpaired) electrons. The van der Waals surface area contributed by atoms with Gasteiger partial charge in [0.1, 0.15) is 16.6 Å². The Balaban J connectivity index is 1.77. The molecule has 1 aromatic rings. The van der Waals surface area contributed by atoms with Crippen LogP contribution in [0.2, 0.25) is 0 Å². The van der Waals surface area contributed by atoms with E-state index in [1.54, 1.807) is 4.90 Å². The van der Waals surface area contributed by atoms with Crippen molar-refractivity contribution in [2.75, 3.05) is 24.7 Å². The van der Waals surface area contributed by atoms with Gasteiger partial charge in [0.25, 0.3) is 5.91 Å². The summed E-state index contributed by atoms with van der Waals surface area (Å²) in [6, 6.07) is 0.633. The Kier molecular flexibility index (Phi) is 6.17. The lowest BCUT2D eigenvalue weighted by Crippen LogP contribution is -2.49. The zero-order valence-corrected chi connectivity index (χ0v) is 17.2. The van der Waals surface area contributed by atoms with Gasteiger partial charge in [-0.2, -0.15) is 4.31 Å².